The van der Waals surface area contributed by atoms with Gasteiger partial charge in [0.15, 0.2) is 36.2 Å². The number of nitrogens with one attached hydrogen (secondary N) is 5. The fourth-order valence-electron chi connectivity index (χ4n) is 17.0. The van der Waals surface area contributed by atoms with Crippen LogP contribution >= 0.6 is 67.7 Å². The van der Waals surface area contributed by atoms with Crippen LogP contribution < -0.4 is 41.0 Å². The lowest BCUT2D eigenvalue weighted by Gasteiger charge is -2.47. The zero-order valence-electron chi connectivity index (χ0n) is 84.1. The number of rotatable bonds is 61. The van der Waals surface area contributed by atoms with Crippen LogP contribution in [-0.2, 0) is 119 Å². The Morgan fingerprint density at radius 1 is 0.676 bits per heavy atom. The normalized spacial score (nSPS) is 28.9. The van der Waals surface area contributed by atoms with Crippen LogP contribution in [-0.4, -0.2) is 404 Å². The molecular weight excluding hydrogens is 2050 g/mol. The van der Waals surface area contributed by atoms with Gasteiger partial charge in [-0.1, -0.05) is 83.9 Å². The molecule has 8 rings (SSSR count). The molecule has 142 heavy (non-hydrogen) atoms. The molecule has 0 spiro atoms. The molecule has 7 amide bonds. The second-order valence-corrected chi connectivity index (χ2v) is 41.9. The number of Topliss-reactive ketones (excluding diaryl/α,β-unsaturated/α-hetero) is 1. The van der Waals surface area contributed by atoms with Crippen molar-refractivity contribution in [1.29, 1.82) is 0 Å². The maximum atomic E-state index is 15.0. The minimum absolute atomic E-state index is 0.000532. The Morgan fingerprint density at radius 2 is 1.25 bits per heavy atom. The highest BCUT2D eigenvalue weighted by molar-refractivity contribution is 14.1. The molecule has 5 aliphatic heterocycles. The Kier molecular flexibility index (Phi) is 53.6. The number of likely N-dealkylation sites (N-methyl/N-ethyl adjacent to an activating group) is 1. The van der Waals surface area contributed by atoms with E-state index in [4.69, 9.17) is 94.8 Å². The van der Waals surface area contributed by atoms with Crippen molar-refractivity contribution < 1.29 is 164 Å². The summed E-state index contributed by atoms with van der Waals surface area (Å²) in [6.07, 6.45) is -10.9. The molecule has 21 unspecified atom stereocenters. The standard InChI is InChI=1S/C96H148IN7O34S4/c1-17-70(108)101-81-62-23-21-19-20-22-24-67(135-94-88(136-75-52-68(119-12)64(55-131-75)103(18-2)61(9)105)83(114)80(58(6)133-94)102-138-76-51-65(106)90(60(8)132-76)141-92(117)77-57(5)79(97)86(89(122-15)85(77)120-13)137-93-84(115)87(121-14)82(113)59(7)134-93)78(62)63(96(118,56(3)4)54-66(81)107)28-50-140-142-95(10,11)29-25-71(109)98-30-31-99-73(111)27-34-123-36-38-125-40-42-127-44-46-129-48-49-130-47-45-128-43-41-126-39-37-124-35-32-100-72(110)26-33-104-74(112)53-69(139-16)91(104)116/h19-20,28,56,58-60,62,64-65,67-69,75-76,78,80-84,87-88,90,93-94,102,106,113-115,118H,17-18,25-27,29-55H2,1-16H3,(H,98,109)(H,99,111)(H,100,110)(H,101,108)/b20-19-,63-28+/t58?,59?,60?,62?,64?,65?,67-,68?,69?,75?,76?,78?,80?,81?,82?,83?,84?,87?,88?,90?,93?,94?,96+/m0/s1. The number of benzene rings is 1. The smallest absolute Gasteiger partial charge is 0.242 e. The summed E-state index contributed by atoms with van der Waals surface area (Å²) < 4.78 is 113. The van der Waals surface area contributed by atoms with E-state index in [9.17, 15) is 63.9 Å². The van der Waals surface area contributed by atoms with Crippen LogP contribution in [0.25, 0.3) is 0 Å². The first-order valence-corrected chi connectivity index (χ1v) is 53.8. The number of imide groups is 1. The minimum Gasteiger partial charge on any atom is -0.492 e. The highest BCUT2D eigenvalue weighted by Gasteiger charge is 2.57. The van der Waals surface area contributed by atoms with Crippen molar-refractivity contribution in [3.05, 3.63) is 38.5 Å². The summed E-state index contributed by atoms with van der Waals surface area (Å²) in [6, 6.07) is -3.00. The van der Waals surface area contributed by atoms with E-state index in [1.807, 2.05) is 49.4 Å². The van der Waals surface area contributed by atoms with Crippen LogP contribution in [0.15, 0.2) is 23.8 Å². The van der Waals surface area contributed by atoms with Crippen molar-refractivity contribution in [1.82, 2.24) is 36.5 Å². The molecule has 1 saturated carbocycles. The van der Waals surface area contributed by atoms with Crippen LogP contribution in [0.2, 0.25) is 0 Å². The highest BCUT2D eigenvalue weighted by Crippen LogP contribution is 2.51. The van der Waals surface area contributed by atoms with Gasteiger partial charge in [0, 0.05) is 122 Å². The van der Waals surface area contributed by atoms with Gasteiger partial charge in [0.05, 0.1) is 200 Å². The first-order chi connectivity index (χ1) is 68.0. The number of ether oxygens (including phenoxy) is 19. The van der Waals surface area contributed by atoms with Gasteiger partial charge in [-0.05, 0) is 113 Å². The Hall–Kier alpha value is -5.74. The molecule has 0 radical (unpaired) electrons. The SMILES string of the molecule is CCC(=O)NC1C(=O)C[C@@](O)(C(C)C)/C(=C/CSSC(C)(C)CCC(=O)NCCNC(=O)CCOCCOCCOCCOCCOCCOCCOCCOCCNC(=O)CCN2C(=O)CC(SC)C2=O)C2C1C#C/C=C\C#C[C@@H]2OC1OC(C)C(NOC2CC(O)C(SC(=O)c3c(C)c(I)c(OC4OC(C)C(O)C(OC)C4O)c(OC)c3OC)C(C)O2)C(O)C1OC1CC(OC)C(N(CC)C(C)=O)CO1. The number of hydrogen-bond donors (Lipinski definition) is 10. The van der Waals surface area contributed by atoms with Crippen molar-refractivity contribution in [3.63, 3.8) is 0 Å². The summed E-state index contributed by atoms with van der Waals surface area (Å²) in [4.78, 5) is 128. The van der Waals surface area contributed by atoms with E-state index in [1.165, 1.54) is 80.9 Å². The second-order valence-electron chi connectivity index (χ2n) is 35.6. The molecule has 0 bridgehead atoms. The van der Waals surface area contributed by atoms with E-state index >= 15 is 4.79 Å². The number of aliphatic hydroxyl groups is 5. The monoisotopic (exact) mass is 2200 g/mol. The van der Waals surface area contributed by atoms with Gasteiger partial charge < -0.3 is 142 Å². The number of fused-ring (bicyclic) bond motifs is 1. The number of ketones is 1. The number of amides is 7. The first kappa shape index (κ1) is 121. The van der Waals surface area contributed by atoms with Crippen molar-refractivity contribution in [2.24, 2.45) is 17.8 Å². The number of methoxy groups -OCH3 is 4. The number of likely N-dealkylation sites (tertiary alicyclic amines) is 1. The summed E-state index contributed by atoms with van der Waals surface area (Å²) in [5.74, 6) is 7.68. The molecule has 2 aliphatic carbocycles. The molecule has 5 heterocycles. The Labute approximate surface area is 862 Å². The van der Waals surface area contributed by atoms with E-state index in [0.717, 1.165) is 16.7 Å². The molecule has 23 atom stereocenters. The molecule has 1 aromatic rings. The molecule has 10 N–H and O–H groups in total. The first-order valence-electron chi connectivity index (χ1n) is 48.2. The molecule has 46 heteroatoms. The van der Waals surface area contributed by atoms with E-state index in [0.29, 0.717) is 127 Å². The Morgan fingerprint density at radius 3 is 1.81 bits per heavy atom. The van der Waals surface area contributed by atoms with Gasteiger partial charge in [-0.15, -0.1) is 0 Å². The number of halogens is 1. The molecule has 41 nitrogen and oxygen atoms in total. The number of hydroxylamine groups is 1. The molecule has 5 saturated heterocycles. The Bertz CT molecular complexity index is 4370. The molecular formula is C96H148IN7O34S4. The van der Waals surface area contributed by atoms with Gasteiger partial charge in [0.25, 0.3) is 0 Å². The number of allylic oxidation sites excluding steroid dienone is 2. The summed E-state index contributed by atoms with van der Waals surface area (Å²) >= 11 is 4.14. The number of carbonyl (C=O) groups is 9. The largest absolute Gasteiger partial charge is 0.492 e. The fraction of sp³-hybridized carbons (Fsp3) is 0.760. The third-order valence-electron chi connectivity index (χ3n) is 25.0. The van der Waals surface area contributed by atoms with E-state index < -0.39 is 167 Å². The Balaban J connectivity index is 0.790. The fourth-order valence-corrected chi connectivity index (χ4v) is 21.8. The van der Waals surface area contributed by atoms with Crippen LogP contribution in [0.3, 0.4) is 0 Å². The van der Waals surface area contributed by atoms with Gasteiger partial charge in [0.1, 0.15) is 42.7 Å². The lowest BCUT2D eigenvalue weighted by molar-refractivity contribution is -0.340. The molecule has 6 fully saturated rings. The van der Waals surface area contributed by atoms with Gasteiger partial charge >= 0.3 is 0 Å². The average molecular weight is 2200 g/mol. The second kappa shape index (κ2) is 62.7. The zero-order chi connectivity index (χ0) is 104. The van der Waals surface area contributed by atoms with Crippen molar-refractivity contribution in [2.75, 3.05) is 185 Å². The third-order valence-corrected chi connectivity index (χ3v) is 31.8. The average Bonchev–Trinajstić information content (AvgIpc) is 1.16. The number of thioether (sulfide) groups is 2. The van der Waals surface area contributed by atoms with E-state index in [1.54, 1.807) is 59.6 Å². The number of aliphatic hydroxyl groups excluding tert-OH is 4. The minimum atomic E-state index is -1.91. The van der Waals surface area contributed by atoms with Crippen LogP contribution in [0, 0.1) is 51.9 Å². The van der Waals surface area contributed by atoms with Gasteiger partial charge in [0.2, 0.25) is 58.5 Å². The number of carbonyl (C=O) groups excluding carboxylic acids is 9. The predicted octanol–water partition coefficient (Wildman–Crippen LogP) is 3.66. The topological polar surface area (TPSA) is 506 Å². The summed E-state index contributed by atoms with van der Waals surface area (Å²) in [5.41, 5.74) is 1.89. The maximum absolute atomic E-state index is 15.0. The molecule has 1 aromatic carbocycles. The third kappa shape index (κ3) is 36.3. The van der Waals surface area contributed by atoms with Gasteiger partial charge in [-0.3, -0.25) is 52.9 Å². The highest BCUT2D eigenvalue weighted by atomic mass is 127. The lowest BCUT2D eigenvalue weighted by atomic mass is 9.71. The quantitative estimate of drug-likeness (QED) is 0.00846. The lowest BCUT2D eigenvalue weighted by Crippen LogP contribution is -2.65. The molecule has 802 valence electrons. The molecule has 0 aromatic heterocycles. The molecule has 7 aliphatic rings. The van der Waals surface area contributed by atoms with Gasteiger partial charge in [-0.25, -0.2) is 0 Å². The summed E-state index contributed by atoms with van der Waals surface area (Å²) in [5, 5.41) is 69.9. The van der Waals surface area contributed by atoms with Crippen molar-refractivity contribution >= 4 is 120 Å². The van der Waals surface area contributed by atoms with Gasteiger partial charge in [-0.2, -0.15) is 17.2 Å². The van der Waals surface area contributed by atoms with E-state index in [-0.39, 0.29) is 154 Å². The zero-order valence-corrected chi connectivity index (χ0v) is 89.5. The summed E-state index contributed by atoms with van der Waals surface area (Å²) in [6.45, 7) is 25.8. The van der Waals surface area contributed by atoms with E-state index in [2.05, 4.69) is 50.4 Å². The van der Waals surface area contributed by atoms with Crippen LogP contribution in [0.1, 0.15) is 143 Å². The van der Waals surface area contributed by atoms with Crippen molar-refractivity contribution in [3.8, 4) is 40.9 Å². The van der Waals surface area contributed by atoms with Crippen LogP contribution in [0.4, 0.5) is 0 Å². The maximum Gasteiger partial charge on any atom is 0.242 e. The predicted molar refractivity (Wildman–Crippen MR) is 534 cm³/mol. The van der Waals surface area contributed by atoms with Crippen molar-refractivity contribution in [2.45, 2.75) is 265 Å². The summed E-state index contributed by atoms with van der Waals surface area (Å²) in [7, 11) is 8.52. The number of hydrogen-bond acceptors (Lipinski definition) is 39. The van der Waals surface area contributed by atoms with Crippen LogP contribution in [0.5, 0.6) is 17.2 Å². The number of nitrogens with zero attached hydrogens (tertiary/aromatic N) is 2.